The number of nitrogens with zero attached hydrogens (tertiary/aromatic N) is 1. The lowest BCUT2D eigenvalue weighted by molar-refractivity contribution is 0.567. The van der Waals surface area contributed by atoms with Gasteiger partial charge in [0.1, 0.15) is 5.82 Å². The van der Waals surface area contributed by atoms with Gasteiger partial charge < -0.3 is 10.6 Å². The number of thioether (sulfide) groups is 1. The van der Waals surface area contributed by atoms with Crippen molar-refractivity contribution in [3.8, 4) is 0 Å². The van der Waals surface area contributed by atoms with Crippen molar-refractivity contribution in [1.29, 1.82) is 0 Å². The van der Waals surface area contributed by atoms with Gasteiger partial charge in [0.05, 0.1) is 18.1 Å². The van der Waals surface area contributed by atoms with Crippen LogP contribution in [0.5, 0.6) is 0 Å². The summed E-state index contributed by atoms with van der Waals surface area (Å²) < 4.78 is 36.5. The van der Waals surface area contributed by atoms with Crippen molar-refractivity contribution in [1.82, 2.24) is 10.6 Å². The number of benzene rings is 1. The van der Waals surface area contributed by atoms with Gasteiger partial charge in [-0.15, -0.1) is 0 Å². The van der Waals surface area contributed by atoms with Gasteiger partial charge in [-0.2, -0.15) is 11.8 Å². The summed E-state index contributed by atoms with van der Waals surface area (Å²) in [7, 11) is -2.87. The molecule has 1 aromatic carbocycles. The second-order valence-electron chi connectivity index (χ2n) is 6.19. The molecule has 0 aliphatic carbocycles. The van der Waals surface area contributed by atoms with Crippen LogP contribution in [0.3, 0.4) is 0 Å². The second kappa shape index (κ2) is 9.43. The Morgan fingerprint density at radius 3 is 2.80 bits per heavy atom. The Morgan fingerprint density at radius 1 is 1.36 bits per heavy atom. The second-order valence-corrected chi connectivity index (χ2v) is 9.29. The van der Waals surface area contributed by atoms with E-state index in [2.05, 4.69) is 15.6 Å². The Hall–Kier alpha value is -1.28. The van der Waals surface area contributed by atoms with E-state index in [1.54, 1.807) is 23.9 Å². The van der Waals surface area contributed by atoms with Crippen LogP contribution in [0.25, 0.3) is 0 Å². The van der Waals surface area contributed by atoms with Gasteiger partial charge in [-0.25, -0.2) is 17.8 Å². The van der Waals surface area contributed by atoms with Crippen LogP contribution in [-0.4, -0.2) is 45.2 Å². The molecular formula is C17H26FN3O2S2. The molecule has 1 heterocycles. The third-order valence-electron chi connectivity index (χ3n) is 4.10. The molecule has 1 aliphatic heterocycles. The molecule has 140 valence electrons. The zero-order valence-electron chi connectivity index (χ0n) is 14.7. The fourth-order valence-electron chi connectivity index (χ4n) is 2.82. The number of halogens is 1. The maximum absolute atomic E-state index is 13.4. The average Bonchev–Trinajstić information content (AvgIpc) is 2.91. The van der Waals surface area contributed by atoms with Crippen LogP contribution in [0.1, 0.15) is 24.5 Å². The number of guanidine groups is 1. The lowest BCUT2D eigenvalue weighted by Crippen LogP contribution is -2.40. The predicted octanol–water partition coefficient (Wildman–Crippen LogP) is 2.18. The highest BCUT2D eigenvalue weighted by Crippen LogP contribution is 2.18. The Balaban J connectivity index is 1.99. The Morgan fingerprint density at radius 2 is 2.16 bits per heavy atom. The fourth-order valence-corrected chi connectivity index (χ4v) is 5.26. The van der Waals surface area contributed by atoms with E-state index < -0.39 is 9.84 Å². The fraction of sp³-hybridized carbons (Fsp3) is 0.588. The topological polar surface area (TPSA) is 70.6 Å². The van der Waals surface area contributed by atoms with E-state index in [1.807, 2.05) is 13.2 Å². The number of sulfone groups is 1. The summed E-state index contributed by atoms with van der Waals surface area (Å²) in [5, 5.41) is 6.40. The van der Waals surface area contributed by atoms with Crippen LogP contribution in [0.2, 0.25) is 0 Å². The van der Waals surface area contributed by atoms with Crippen LogP contribution >= 0.6 is 11.8 Å². The monoisotopic (exact) mass is 387 g/mol. The number of hydrogen-bond acceptors (Lipinski definition) is 4. The van der Waals surface area contributed by atoms with Gasteiger partial charge in [-0.3, -0.25) is 0 Å². The van der Waals surface area contributed by atoms with Crippen molar-refractivity contribution < 1.29 is 12.8 Å². The first-order valence-corrected chi connectivity index (χ1v) is 11.6. The van der Waals surface area contributed by atoms with Crippen LogP contribution < -0.4 is 10.6 Å². The van der Waals surface area contributed by atoms with Gasteiger partial charge in [0, 0.05) is 18.8 Å². The van der Waals surface area contributed by atoms with Crippen LogP contribution in [0.15, 0.2) is 23.2 Å². The van der Waals surface area contributed by atoms with E-state index in [1.165, 1.54) is 6.07 Å². The molecule has 1 aromatic rings. The van der Waals surface area contributed by atoms with Crippen LogP contribution in [0.4, 0.5) is 4.39 Å². The summed E-state index contributed by atoms with van der Waals surface area (Å²) in [5.74, 6) is 1.82. The van der Waals surface area contributed by atoms with Gasteiger partial charge in [0.2, 0.25) is 0 Å². The van der Waals surface area contributed by atoms with Gasteiger partial charge in [0.25, 0.3) is 0 Å². The predicted molar refractivity (Wildman–Crippen MR) is 103 cm³/mol. The highest BCUT2D eigenvalue weighted by Gasteiger charge is 2.27. The number of hydrogen-bond donors (Lipinski definition) is 2. The quantitative estimate of drug-likeness (QED) is 0.554. The summed E-state index contributed by atoms with van der Waals surface area (Å²) in [4.78, 5) is 4.57. The summed E-state index contributed by atoms with van der Waals surface area (Å²) in [6.45, 7) is 3.74. The first-order chi connectivity index (χ1) is 11.9. The zero-order chi connectivity index (χ0) is 18.3. The van der Waals surface area contributed by atoms with E-state index in [0.29, 0.717) is 25.5 Å². The number of aliphatic imine (C=N–C) groups is 1. The third-order valence-corrected chi connectivity index (χ3v) is 6.54. The molecular weight excluding hydrogens is 361 g/mol. The summed E-state index contributed by atoms with van der Waals surface area (Å²) in [5.41, 5.74) is 1.95. The molecule has 0 amide bonds. The van der Waals surface area contributed by atoms with E-state index in [9.17, 15) is 12.8 Å². The molecule has 1 unspecified atom stereocenters. The molecule has 25 heavy (non-hydrogen) atoms. The standard InChI is InChI=1S/C17H26FN3O2S2/c1-3-19-17(20-9-13-6-7-25(22,23)12-13)21-10-14-4-5-16(18)8-15(14)11-24-2/h4-5,8,13H,3,6-7,9-12H2,1-2H3,(H2,19,20,21). The molecule has 1 saturated heterocycles. The molecule has 0 aromatic heterocycles. The van der Waals surface area contributed by atoms with Crippen LogP contribution in [-0.2, 0) is 22.1 Å². The molecule has 1 aliphatic rings. The largest absolute Gasteiger partial charge is 0.357 e. The smallest absolute Gasteiger partial charge is 0.191 e. The van der Waals surface area contributed by atoms with Crippen molar-refractivity contribution in [2.24, 2.45) is 10.9 Å². The Kier molecular flexibility index (Phi) is 7.56. The summed E-state index contributed by atoms with van der Waals surface area (Å²) in [6, 6.07) is 4.79. The number of nitrogens with one attached hydrogen (secondary N) is 2. The lowest BCUT2D eigenvalue weighted by Gasteiger charge is -2.15. The van der Waals surface area contributed by atoms with E-state index >= 15 is 0 Å². The first-order valence-electron chi connectivity index (χ1n) is 8.42. The van der Waals surface area contributed by atoms with Crippen molar-refractivity contribution in [2.45, 2.75) is 25.6 Å². The van der Waals surface area contributed by atoms with Crippen molar-refractivity contribution in [3.63, 3.8) is 0 Å². The Labute approximate surface area is 153 Å². The first kappa shape index (κ1) is 20.0. The molecule has 2 N–H and O–H groups in total. The highest BCUT2D eigenvalue weighted by molar-refractivity contribution is 7.97. The normalized spacial score (nSPS) is 19.8. The minimum Gasteiger partial charge on any atom is -0.357 e. The van der Waals surface area contributed by atoms with Crippen molar-refractivity contribution in [3.05, 3.63) is 35.1 Å². The number of rotatable bonds is 7. The van der Waals surface area contributed by atoms with E-state index in [0.717, 1.165) is 23.4 Å². The molecule has 5 nitrogen and oxygen atoms in total. The van der Waals surface area contributed by atoms with Gasteiger partial charge in [-0.05, 0) is 48.8 Å². The van der Waals surface area contributed by atoms with E-state index in [4.69, 9.17) is 0 Å². The zero-order valence-corrected chi connectivity index (χ0v) is 16.4. The summed E-state index contributed by atoms with van der Waals surface area (Å²) in [6.07, 6.45) is 2.68. The maximum atomic E-state index is 13.4. The molecule has 8 heteroatoms. The van der Waals surface area contributed by atoms with E-state index in [-0.39, 0.29) is 23.2 Å². The molecule has 1 atom stereocenters. The summed E-state index contributed by atoms with van der Waals surface area (Å²) >= 11 is 1.65. The highest BCUT2D eigenvalue weighted by atomic mass is 32.2. The SMILES string of the molecule is CCNC(=NCc1ccc(F)cc1CSC)NCC1CCS(=O)(=O)C1. The molecule has 0 spiro atoms. The Bertz CT molecular complexity index is 708. The van der Waals surface area contributed by atoms with Crippen LogP contribution in [0, 0.1) is 11.7 Å². The molecule has 0 radical (unpaired) electrons. The van der Waals surface area contributed by atoms with Crippen molar-refractivity contribution >= 4 is 27.6 Å². The molecule has 1 fully saturated rings. The maximum Gasteiger partial charge on any atom is 0.191 e. The van der Waals surface area contributed by atoms with Crippen molar-refractivity contribution in [2.75, 3.05) is 30.9 Å². The van der Waals surface area contributed by atoms with Gasteiger partial charge in [-0.1, -0.05) is 6.07 Å². The average molecular weight is 388 g/mol. The van der Waals surface area contributed by atoms with Gasteiger partial charge >= 0.3 is 0 Å². The molecule has 0 bridgehead atoms. The lowest BCUT2D eigenvalue weighted by atomic mass is 10.1. The molecule has 0 saturated carbocycles. The minimum absolute atomic E-state index is 0.131. The molecule has 2 rings (SSSR count). The van der Waals surface area contributed by atoms with Gasteiger partial charge in [0.15, 0.2) is 15.8 Å². The third kappa shape index (κ3) is 6.51. The minimum atomic E-state index is -2.87.